The van der Waals surface area contributed by atoms with Gasteiger partial charge in [0.25, 0.3) is 0 Å². The number of anilines is 1. The van der Waals surface area contributed by atoms with Crippen molar-refractivity contribution in [2.75, 3.05) is 17.7 Å². The van der Waals surface area contributed by atoms with Crippen LogP contribution in [0.5, 0.6) is 5.75 Å². The van der Waals surface area contributed by atoms with E-state index in [2.05, 4.69) is 43.4 Å². The standard InChI is InChI=1S/C26H26BrN5O2S/c1-4-18-15-20(27)14-17(3)24(18)29-23(33)16-35-26-31-30-25(19-10-12-28-13-11-19)32(26)21-6-8-22(9-7-21)34-5-2/h6-15H,4-5,16H2,1-3H3,(H,29,33). The molecule has 0 saturated carbocycles. The van der Waals surface area contributed by atoms with Gasteiger partial charge in [0.15, 0.2) is 11.0 Å². The van der Waals surface area contributed by atoms with Crippen molar-refractivity contribution in [2.45, 2.75) is 32.3 Å². The summed E-state index contributed by atoms with van der Waals surface area (Å²) in [4.78, 5) is 17.0. The van der Waals surface area contributed by atoms with Crippen LogP contribution in [0.15, 0.2) is 70.6 Å². The molecule has 1 amide bonds. The third-order valence-corrected chi connectivity index (χ3v) is 6.72. The second kappa shape index (κ2) is 11.5. The number of amides is 1. The number of hydrogen-bond acceptors (Lipinski definition) is 6. The first-order valence-corrected chi connectivity index (χ1v) is 13.1. The third-order valence-electron chi connectivity index (χ3n) is 5.34. The van der Waals surface area contributed by atoms with Crippen LogP contribution in [0.2, 0.25) is 0 Å². The number of pyridine rings is 1. The van der Waals surface area contributed by atoms with Crippen LogP contribution in [0.25, 0.3) is 17.1 Å². The minimum absolute atomic E-state index is 0.0955. The first-order chi connectivity index (χ1) is 17.0. The van der Waals surface area contributed by atoms with Crippen molar-refractivity contribution in [1.29, 1.82) is 0 Å². The SMILES string of the molecule is CCOc1ccc(-n2c(SCC(=O)Nc3c(C)cc(Br)cc3CC)nnc2-c2ccncc2)cc1. The van der Waals surface area contributed by atoms with Crippen LogP contribution in [0.4, 0.5) is 5.69 Å². The van der Waals surface area contributed by atoms with Gasteiger partial charge in [-0.2, -0.15) is 0 Å². The van der Waals surface area contributed by atoms with Crippen molar-refractivity contribution in [3.05, 3.63) is 76.5 Å². The van der Waals surface area contributed by atoms with Crippen molar-refractivity contribution < 1.29 is 9.53 Å². The lowest BCUT2D eigenvalue weighted by Gasteiger charge is -2.14. The Hall–Kier alpha value is -3.17. The van der Waals surface area contributed by atoms with Gasteiger partial charge in [-0.05, 0) is 79.9 Å². The predicted molar refractivity (Wildman–Crippen MR) is 143 cm³/mol. The van der Waals surface area contributed by atoms with Crippen molar-refractivity contribution in [2.24, 2.45) is 0 Å². The van der Waals surface area contributed by atoms with Crippen molar-refractivity contribution in [3.63, 3.8) is 0 Å². The fraction of sp³-hybridized carbons (Fsp3) is 0.231. The van der Waals surface area contributed by atoms with E-state index in [1.165, 1.54) is 11.8 Å². The Morgan fingerprint density at radius 1 is 1.09 bits per heavy atom. The molecule has 4 rings (SSSR count). The van der Waals surface area contributed by atoms with E-state index in [4.69, 9.17) is 4.74 Å². The van der Waals surface area contributed by atoms with Gasteiger partial charge in [-0.15, -0.1) is 10.2 Å². The van der Waals surface area contributed by atoms with Crippen molar-refractivity contribution >= 4 is 39.3 Å². The van der Waals surface area contributed by atoms with Gasteiger partial charge in [0, 0.05) is 33.8 Å². The Morgan fingerprint density at radius 3 is 2.51 bits per heavy atom. The number of aryl methyl sites for hydroxylation is 2. The number of nitrogens with one attached hydrogen (secondary N) is 1. The molecule has 0 radical (unpaired) electrons. The van der Waals surface area contributed by atoms with Gasteiger partial charge in [-0.1, -0.05) is 34.6 Å². The summed E-state index contributed by atoms with van der Waals surface area (Å²) in [5.41, 5.74) is 4.74. The molecule has 9 heteroatoms. The van der Waals surface area contributed by atoms with E-state index in [1.807, 2.05) is 66.9 Å². The van der Waals surface area contributed by atoms with E-state index < -0.39 is 0 Å². The molecule has 0 aliphatic carbocycles. The van der Waals surface area contributed by atoms with Gasteiger partial charge in [0.05, 0.1) is 12.4 Å². The summed E-state index contributed by atoms with van der Waals surface area (Å²) in [7, 11) is 0. The highest BCUT2D eigenvalue weighted by Gasteiger charge is 2.18. The molecule has 0 aliphatic heterocycles. The molecule has 4 aromatic rings. The summed E-state index contributed by atoms with van der Waals surface area (Å²) in [6.07, 6.45) is 4.27. The molecule has 0 saturated heterocycles. The van der Waals surface area contributed by atoms with E-state index in [0.29, 0.717) is 17.6 Å². The first-order valence-electron chi connectivity index (χ1n) is 11.3. The summed E-state index contributed by atoms with van der Waals surface area (Å²) in [5, 5.41) is 12.5. The van der Waals surface area contributed by atoms with E-state index in [9.17, 15) is 4.79 Å². The number of aromatic nitrogens is 4. The van der Waals surface area contributed by atoms with Gasteiger partial charge in [0.2, 0.25) is 5.91 Å². The Labute approximate surface area is 217 Å². The smallest absolute Gasteiger partial charge is 0.234 e. The zero-order valence-electron chi connectivity index (χ0n) is 19.8. The Balaban J connectivity index is 1.59. The van der Waals surface area contributed by atoms with Crippen LogP contribution < -0.4 is 10.1 Å². The number of rotatable bonds is 9. The van der Waals surface area contributed by atoms with Gasteiger partial charge in [-0.25, -0.2) is 0 Å². The molecule has 7 nitrogen and oxygen atoms in total. The fourth-order valence-corrected chi connectivity index (χ4v) is 5.09. The number of carbonyl (C=O) groups is 1. The molecule has 0 aliphatic rings. The maximum Gasteiger partial charge on any atom is 0.234 e. The molecule has 0 atom stereocenters. The van der Waals surface area contributed by atoms with Crippen molar-refractivity contribution in [3.8, 4) is 22.8 Å². The molecule has 2 aromatic carbocycles. The van der Waals surface area contributed by atoms with E-state index in [1.54, 1.807) is 12.4 Å². The average Bonchev–Trinajstić information content (AvgIpc) is 3.29. The predicted octanol–water partition coefficient (Wildman–Crippen LogP) is 6.09. The highest BCUT2D eigenvalue weighted by Crippen LogP contribution is 2.30. The maximum atomic E-state index is 12.9. The molecular weight excluding hydrogens is 526 g/mol. The van der Waals surface area contributed by atoms with Crippen molar-refractivity contribution in [1.82, 2.24) is 19.7 Å². The monoisotopic (exact) mass is 551 g/mol. The number of ether oxygens (including phenoxy) is 1. The first kappa shape index (κ1) is 24.9. The number of benzene rings is 2. The number of carbonyl (C=O) groups excluding carboxylic acids is 1. The quantitative estimate of drug-likeness (QED) is 0.253. The molecule has 180 valence electrons. The third kappa shape index (κ3) is 5.91. The Morgan fingerprint density at radius 2 is 1.83 bits per heavy atom. The lowest BCUT2D eigenvalue weighted by molar-refractivity contribution is -0.113. The summed E-state index contributed by atoms with van der Waals surface area (Å²) in [5.74, 6) is 1.57. The molecule has 1 N–H and O–H groups in total. The molecule has 2 heterocycles. The van der Waals surface area contributed by atoms with E-state index >= 15 is 0 Å². The highest BCUT2D eigenvalue weighted by atomic mass is 79.9. The lowest BCUT2D eigenvalue weighted by atomic mass is 10.1. The van der Waals surface area contributed by atoms with Crippen LogP contribution in [0.1, 0.15) is 25.0 Å². The van der Waals surface area contributed by atoms with Crippen LogP contribution in [-0.2, 0) is 11.2 Å². The Bertz CT molecular complexity index is 1310. The van der Waals surface area contributed by atoms with Gasteiger partial charge >= 0.3 is 0 Å². The van der Waals surface area contributed by atoms with E-state index in [0.717, 1.165) is 44.7 Å². The summed E-state index contributed by atoms with van der Waals surface area (Å²) in [6.45, 7) is 6.62. The second-order valence-corrected chi connectivity index (χ2v) is 9.61. The van der Waals surface area contributed by atoms with Crippen LogP contribution >= 0.6 is 27.7 Å². The van der Waals surface area contributed by atoms with Crippen LogP contribution in [-0.4, -0.2) is 38.0 Å². The minimum Gasteiger partial charge on any atom is -0.494 e. The largest absolute Gasteiger partial charge is 0.494 e. The van der Waals surface area contributed by atoms with Crippen LogP contribution in [0.3, 0.4) is 0 Å². The van der Waals surface area contributed by atoms with Gasteiger partial charge < -0.3 is 10.1 Å². The van der Waals surface area contributed by atoms with E-state index in [-0.39, 0.29) is 11.7 Å². The molecular formula is C26H26BrN5O2S. The maximum absolute atomic E-state index is 12.9. The summed E-state index contributed by atoms with van der Waals surface area (Å²) < 4.78 is 8.54. The molecule has 0 fully saturated rings. The number of thioether (sulfide) groups is 1. The average molecular weight is 552 g/mol. The normalized spacial score (nSPS) is 10.9. The zero-order valence-corrected chi connectivity index (χ0v) is 22.2. The topological polar surface area (TPSA) is 81.9 Å². The molecule has 2 aromatic heterocycles. The Kier molecular flexibility index (Phi) is 8.20. The minimum atomic E-state index is -0.0955. The summed E-state index contributed by atoms with van der Waals surface area (Å²) in [6, 6.07) is 15.6. The van der Waals surface area contributed by atoms with Crippen LogP contribution in [0, 0.1) is 6.92 Å². The molecule has 0 bridgehead atoms. The summed E-state index contributed by atoms with van der Waals surface area (Å²) >= 11 is 4.88. The lowest BCUT2D eigenvalue weighted by Crippen LogP contribution is -2.16. The van der Waals surface area contributed by atoms with Gasteiger partial charge in [0.1, 0.15) is 5.75 Å². The number of halogens is 1. The fourth-order valence-electron chi connectivity index (χ4n) is 3.72. The molecule has 0 unspecified atom stereocenters. The molecule has 0 spiro atoms. The van der Waals surface area contributed by atoms with Gasteiger partial charge in [-0.3, -0.25) is 14.3 Å². The number of nitrogens with zero attached hydrogens (tertiary/aromatic N) is 4. The second-order valence-electron chi connectivity index (χ2n) is 7.75. The highest BCUT2D eigenvalue weighted by molar-refractivity contribution is 9.10. The molecule has 35 heavy (non-hydrogen) atoms. The number of hydrogen-bond donors (Lipinski definition) is 1. The zero-order chi connectivity index (χ0) is 24.8.